The molecule has 7 heteroatoms. The Bertz CT molecular complexity index is 554. The molecule has 0 aromatic heterocycles. The number of ether oxygens (including phenoxy) is 2. The quantitative estimate of drug-likeness (QED) is 0.802. The molecule has 0 amide bonds. The largest absolute Gasteiger partial charge is 0.350 e. The second kappa shape index (κ2) is 6.44. The standard InChI is InChI=1S/C15H18F2N2O2S/c16-11-2-3-12(17)13(10-11)18-14(22)19-6-4-15(5-7-19)20-8-1-9-21-15/h2-3,10H,1,4-9H2,(H,18,22). The van der Waals surface area contributed by atoms with E-state index >= 15 is 0 Å². The Hall–Kier alpha value is -1.31. The van der Waals surface area contributed by atoms with E-state index in [-0.39, 0.29) is 5.69 Å². The third-order valence-corrected chi connectivity index (χ3v) is 4.36. The molecule has 0 aliphatic carbocycles. The molecule has 0 atom stereocenters. The summed E-state index contributed by atoms with van der Waals surface area (Å²) >= 11 is 5.29. The fraction of sp³-hybridized carbons (Fsp3) is 0.533. The third-order valence-electron chi connectivity index (χ3n) is 4.00. The van der Waals surface area contributed by atoms with Crippen LogP contribution >= 0.6 is 12.2 Å². The van der Waals surface area contributed by atoms with Crippen molar-refractivity contribution >= 4 is 23.0 Å². The highest BCUT2D eigenvalue weighted by molar-refractivity contribution is 7.80. The van der Waals surface area contributed by atoms with E-state index in [2.05, 4.69) is 5.32 Å². The van der Waals surface area contributed by atoms with E-state index in [1.807, 2.05) is 4.90 Å². The molecular weight excluding hydrogens is 310 g/mol. The molecule has 0 bridgehead atoms. The molecule has 0 radical (unpaired) electrons. The van der Waals surface area contributed by atoms with Gasteiger partial charge in [0.15, 0.2) is 10.9 Å². The molecular formula is C15H18F2N2O2S. The summed E-state index contributed by atoms with van der Waals surface area (Å²) in [5.41, 5.74) is 0.0513. The van der Waals surface area contributed by atoms with Crippen LogP contribution in [0.1, 0.15) is 19.3 Å². The number of anilines is 1. The highest BCUT2D eigenvalue weighted by Gasteiger charge is 2.38. The van der Waals surface area contributed by atoms with Gasteiger partial charge in [-0.2, -0.15) is 0 Å². The Balaban J connectivity index is 1.59. The van der Waals surface area contributed by atoms with Gasteiger partial charge in [-0.1, -0.05) is 0 Å². The molecule has 2 aliphatic rings. The first kappa shape index (κ1) is 15.6. The molecule has 4 nitrogen and oxygen atoms in total. The number of thiocarbonyl (C=S) groups is 1. The molecule has 0 unspecified atom stereocenters. The Morgan fingerprint density at radius 2 is 1.86 bits per heavy atom. The summed E-state index contributed by atoms with van der Waals surface area (Å²) in [6.45, 7) is 2.75. The lowest BCUT2D eigenvalue weighted by atomic mass is 10.0. The molecule has 1 N–H and O–H groups in total. The number of hydrogen-bond acceptors (Lipinski definition) is 3. The second-order valence-electron chi connectivity index (χ2n) is 5.50. The summed E-state index contributed by atoms with van der Waals surface area (Å²) in [5.74, 6) is -1.53. The highest BCUT2D eigenvalue weighted by atomic mass is 32.1. The molecule has 120 valence electrons. The van der Waals surface area contributed by atoms with Crippen LogP contribution in [-0.4, -0.2) is 42.1 Å². The molecule has 2 saturated heterocycles. The first-order chi connectivity index (χ1) is 10.6. The van der Waals surface area contributed by atoms with Gasteiger partial charge in [0.05, 0.1) is 18.9 Å². The van der Waals surface area contributed by atoms with Crippen molar-refractivity contribution in [2.45, 2.75) is 25.0 Å². The molecule has 2 heterocycles. The van der Waals surface area contributed by atoms with Crippen LogP contribution in [0.15, 0.2) is 18.2 Å². The van der Waals surface area contributed by atoms with Gasteiger partial charge in [-0.05, 0) is 30.8 Å². The second-order valence-corrected chi connectivity index (χ2v) is 5.89. The van der Waals surface area contributed by atoms with Gasteiger partial charge in [-0.15, -0.1) is 0 Å². The SMILES string of the molecule is Fc1ccc(F)c(NC(=S)N2CCC3(CC2)OCCCO3)c1. The number of nitrogens with zero attached hydrogens (tertiary/aromatic N) is 1. The molecule has 2 aliphatic heterocycles. The van der Waals surface area contributed by atoms with Crippen molar-refractivity contribution in [3.63, 3.8) is 0 Å². The lowest BCUT2D eigenvalue weighted by molar-refractivity contribution is -0.281. The first-order valence-corrected chi connectivity index (χ1v) is 7.78. The molecule has 1 aromatic carbocycles. The van der Waals surface area contributed by atoms with Gasteiger partial charge < -0.3 is 19.7 Å². The van der Waals surface area contributed by atoms with E-state index in [0.29, 0.717) is 31.0 Å². The minimum Gasteiger partial charge on any atom is -0.350 e. The van der Waals surface area contributed by atoms with Gasteiger partial charge in [0.2, 0.25) is 0 Å². The summed E-state index contributed by atoms with van der Waals surface area (Å²) in [5, 5.41) is 3.16. The zero-order valence-corrected chi connectivity index (χ0v) is 12.9. The number of piperidine rings is 1. The van der Waals surface area contributed by atoms with Crippen molar-refractivity contribution in [3.05, 3.63) is 29.8 Å². The number of nitrogens with one attached hydrogen (secondary N) is 1. The molecule has 1 aromatic rings. The molecule has 3 rings (SSSR count). The van der Waals surface area contributed by atoms with Gasteiger partial charge >= 0.3 is 0 Å². The van der Waals surface area contributed by atoms with E-state index in [1.165, 1.54) is 0 Å². The van der Waals surface area contributed by atoms with Gasteiger partial charge in [0, 0.05) is 32.0 Å². The molecule has 22 heavy (non-hydrogen) atoms. The van der Waals surface area contributed by atoms with Gasteiger partial charge in [-0.25, -0.2) is 8.78 Å². The Morgan fingerprint density at radius 1 is 1.18 bits per heavy atom. The average Bonchev–Trinajstić information content (AvgIpc) is 2.52. The van der Waals surface area contributed by atoms with E-state index in [0.717, 1.165) is 37.8 Å². The van der Waals surface area contributed by atoms with Gasteiger partial charge in [-0.3, -0.25) is 0 Å². The summed E-state index contributed by atoms with van der Waals surface area (Å²) in [6, 6.07) is 3.25. The van der Waals surface area contributed by atoms with Crippen LogP contribution in [-0.2, 0) is 9.47 Å². The van der Waals surface area contributed by atoms with Crippen molar-refractivity contribution < 1.29 is 18.3 Å². The molecule has 2 fully saturated rings. The van der Waals surface area contributed by atoms with Crippen LogP contribution in [0.25, 0.3) is 0 Å². The van der Waals surface area contributed by atoms with E-state index in [9.17, 15) is 8.78 Å². The van der Waals surface area contributed by atoms with Crippen LogP contribution in [0.5, 0.6) is 0 Å². The number of rotatable bonds is 1. The Morgan fingerprint density at radius 3 is 2.55 bits per heavy atom. The monoisotopic (exact) mass is 328 g/mol. The maximum Gasteiger partial charge on any atom is 0.173 e. The maximum absolute atomic E-state index is 13.6. The number of halogens is 2. The Labute approximate surface area is 133 Å². The normalized spacial score (nSPS) is 20.9. The summed E-state index contributed by atoms with van der Waals surface area (Å²) in [6.07, 6.45) is 2.34. The topological polar surface area (TPSA) is 33.7 Å². The van der Waals surface area contributed by atoms with Crippen LogP contribution in [0.3, 0.4) is 0 Å². The zero-order valence-electron chi connectivity index (χ0n) is 12.1. The van der Waals surface area contributed by atoms with Crippen molar-refractivity contribution in [2.24, 2.45) is 0 Å². The predicted octanol–water partition coefficient (Wildman–Crippen LogP) is 2.89. The maximum atomic E-state index is 13.6. The number of likely N-dealkylation sites (tertiary alicyclic amines) is 1. The van der Waals surface area contributed by atoms with Gasteiger partial charge in [0.1, 0.15) is 11.6 Å². The van der Waals surface area contributed by atoms with Crippen LogP contribution in [0.2, 0.25) is 0 Å². The fourth-order valence-corrected chi connectivity index (χ4v) is 3.04. The van der Waals surface area contributed by atoms with Gasteiger partial charge in [0.25, 0.3) is 0 Å². The van der Waals surface area contributed by atoms with Crippen LogP contribution < -0.4 is 5.32 Å². The predicted molar refractivity (Wildman–Crippen MR) is 82.6 cm³/mol. The third kappa shape index (κ3) is 3.37. The summed E-state index contributed by atoms with van der Waals surface area (Å²) in [4.78, 5) is 1.92. The summed E-state index contributed by atoms with van der Waals surface area (Å²) < 4.78 is 38.3. The van der Waals surface area contributed by atoms with E-state index in [1.54, 1.807) is 0 Å². The van der Waals surface area contributed by atoms with Crippen molar-refractivity contribution in [3.8, 4) is 0 Å². The van der Waals surface area contributed by atoms with Crippen molar-refractivity contribution in [1.29, 1.82) is 0 Å². The molecule has 1 spiro atoms. The van der Waals surface area contributed by atoms with Crippen LogP contribution in [0.4, 0.5) is 14.5 Å². The first-order valence-electron chi connectivity index (χ1n) is 7.37. The number of hydrogen-bond donors (Lipinski definition) is 1. The van der Waals surface area contributed by atoms with Crippen molar-refractivity contribution in [1.82, 2.24) is 4.90 Å². The number of benzene rings is 1. The highest BCUT2D eigenvalue weighted by Crippen LogP contribution is 2.31. The van der Waals surface area contributed by atoms with Crippen LogP contribution in [0, 0.1) is 11.6 Å². The fourth-order valence-electron chi connectivity index (χ4n) is 2.74. The minimum absolute atomic E-state index is 0.0513. The minimum atomic E-state index is -0.531. The average molecular weight is 328 g/mol. The lowest BCUT2D eigenvalue weighted by Crippen LogP contribution is -2.52. The van der Waals surface area contributed by atoms with Crippen molar-refractivity contribution in [2.75, 3.05) is 31.6 Å². The van der Waals surface area contributed by atoms with E-state index < -0.39 is 17.4 Å². The summed E-state index contributed by atoms with van der Waals surface area (Å²) in [7, 11) is 0. The van der Waals surface area contributed by atoms with E-state index in [4.69, 9.17) is 21.7 Å². The smallest absolute Gasteiger partial charge is 0.173 e. The Kier molecular flexibility index (Phi) is 4.56. The lowest BCUT2D eigenvalue weighted by Gasteiger charge is -2.44. The zero-order chi connectivity index (χ0) is 15.6. The molecule has 0 saturated carbocycles.